The van der Waals surface area contributed by atoms with E-state index in [2.05, 4.69) is 27.4 Å². The topological polar surface area (TPSA) is 37.3 Å². The summed E-state index contributed by atoms with van der Waals surface area (Å²) in [6.45, 7) is 12.8. The maximum atomic E-state index is 11.4. The number of fused-ring (bicyclic) bond motifs is 1. The van der Waals surface area contributed by atoms with E-state index in [4.69, 9.17) is 0 Å². The molecule has 0 aromatic carbocycles. The molecule has 0 saturated heterocycles. The zero-order chi connectivity index (χ0) is 15.1. The van der Waals surface area contributed by atoms with E-state index in [1.807, 2.05) is 0 Å². The van der Waals surface area contributed by atoms with Gasteiger partial charge in [-0.25, -0.2) is 0 Å². The van der Waals surface area contributed by atoms with Crippen molar-refractivity contribution >= 4 is 5.78 Å². The molecule has 2 heteroatoms. The van der Waals surface area contributed by atoms with Crippen molar-refractivity contribution in [2.45, 2.75) is 72.3 Å². The van der Waals surface area contributed by atoms with Crippen molar-refractivity contribution in [2.24, 2.45) is 22.7 Å². The van der Waals surface area contributed by atoms with Gasteiger partial charge in [0.1, 0.15) is 5.78 Å². The second kappa shape index (κ2) is 5.29. The maximum Gasteiger partial charge on any atom is 0.129 e. The predicted octanol–water partition coefficient (Wildman–Crippen LogP) is 4.13. The number of hydrogen-bond acceptors (Lipinski definition) is 2. The quantitative estimate of drug-likeness (QED) is 0.788. The molecule has 20 heavy (non-hydrogen) atoms. The third-order valence-electron chi connectivity index (χ3n) is 6.02. The van der Waals surface area contributed by atoms with E-state index in [1.165, 1.54) is 12.8 Å². The fourth-order valence-corrected chi connectivity index (χ4v) is 5.36. The van der Waals surface area contributed by atoms with Crippen LogP contribution >= 0.6 is 0 Å². The summed E-state index contributed by atoms with van der Waals surface area (Å²) in [5.41, 5.74) is 1.45. The van der Waals surface area contributed by atoms with Crippen LogP contribution in [0, 0.1) is 22.7 Å². The minimum Gasteiger partial charge on any atom is -0.392 e. The highest BCUT2D eigenvalue weighted by molar-refractivity contribution is 5.75. The molecule has 0 aromatic rings. The SMILES string of the molecule is C=C1CC(O)C2C(C)(C)CCCC2(C)C1CCC(C)=O. The van der Waals surface area contributed by atoms with Crippen molar-refractivity contribution in [1.82, 2.24) is 0 Å². The van der Waals surface area contributed by atoms with E-state index in [9.17, 15) is 9.90 Å². The summed E-state index contributed by atoms with van der Waals surface area (Å²) >= 11 is 0. The fourth-order valence-electron chi connectivity index (χ4n) is 5.36. The van der Waals surface area contributed by atoms with Gasteiger partial charge in [-0.2, -0.15) is 0 Å². The van der Waals surface area contributed by atoms with Crippen LogP contribution < -0.4 is 0 Å². The highest BCUT2D eigenvalue weighted by Gasteiger charge is 2.56. The fraction of sp³-hybridized carbons (Fsp3) is 0.833. The normalized spacial score (nSPS) is 40.2. The Labute approximate surface area is 123 Å². The van der Waals surface area contributed by atoms with E-state index in [0.717, 1.165) is 18.4 Å². The summed E-state index contributed by atoms with van der Waals surface area (Å²) in [5.74, 6) is 0.977. The molecule has 0 heterocycles. The minimum absolute atomic E-state index is 0.103. The number of aliphatic hydroxyl groups is 1. The van der Waals surface area contributed by atoms with E-state index in [-0.39, 0.29) is 22.7 Å². The standard InChI is InChI=1S/C18H30O2/c1-12-11-15(20)16-17(3,4)9-6-10-18(16,5)14(12)8-7-13(2)19/h14-16,20H,1,6-11H2,2-5H3. The molecule has 2 saturated carbocycles. The van der Waals surface area contributed by atoms with Gasteiger partial charge in [0, 0.05) is 6.42 Å². The van der Waals surface area contributed by atoms with Gasteiger partial charge in [0.05, 0.1) is 6.10 Å². The van der Waals surface area contributed by atoms with Crippen LogP contribution in [0.5, 0.6) is 0 Å². The largest absolute Gasteiger partial charge is 0.392 e. The first-order valence-corrected chi connectivity index (χ1v) is 8.03. The van der Waals surface area contributed by atoms with Crippen molar-refractivity contribution in [1.29, 1.82) is 0 Å². The number of hydrogen-bond donors (Lipinski definition) is 1. The Morgan fingerprint density at radius 3 is 2.60 bits per heavy atom. The zero-order valence-electron chi connectivity index (χ0n) is 13.5. The minimum atomic E-state index is -0.267. The Balaban J connectivity index is 2.32. The Hall–Kier alpha value is -0.630. The molecule has 0 radical (unpaired) electrons. The first-order chi connectivity index (χ1) is 9.18. The van der Waals surface area contributed by atoms with Gasteiger partial charge >= 0.3 is 0 Å². The molecule has 0 amide bonds. The van der Waals surface area contributed by atoms with Crippen LogP contribution in [0.25, 0.3) is 0 Å². The summed E-state index contributed by atoms with van der Waals surface area (Å²) in [4.78, 5) is 11.4. The summed E-state index contributed by atoms with van der Waals surface area (Å²) in [5, 5.41) is 10.6. The van der Waals surface area contributed by atoms with Crippen molar-refractivity contribution in [2.75, 3.05) is 0 Å². The number of carbonyl (C=O) groups is 1. The first-order valence-electron chi connectivity index (χ1n) is 8.03. The van der Waals surface area contributed by atoms with E-state index in [0.29, 0.717) is 24.7 Å². The molecule has 2 rings (SSSR count). The molecule has 2 nitrogen and oxygen atoms in total. The molecule has 0 bridgehead atoms. The summed E-state index contributed by atoms with van der Waals surface area (Å²) in [6.07, 6.45) is 5.56. The lowest BCUT2D eigenvalue weighted by molar-refractivity contribution is -0.125. The number of rotatable bonds is 3. The summed E-state index contributed by atoms with van der Waals surface area (Å²) in [6, 6.07) is 0. The average molecular weight is 278 g/mol. The molecule has 1 N–H and O–H groups in total. The van der Waals surface area contributed by atoms with Crippen molar-refractivity contribution < 1.29 is 9.90 Å². The van der Waals surface area contributed by atoms with Crippen LogP contribution in [0.4, 0.5) is 0 Å². The number of ketones is 1. The molecule has 4 unspecified atom stereocenters. The Bertz CT molecular complexity index is 410. The summed E-state index contributed by atoms with van der Waals surface area (Å²) in [7, 11) is 0. The monoisotopic (exact) mass is 278 g/mol. The summed E-state index contributed by atoms with van der Waals surface area (Å²) < 4.78 is 0. The molecule has 0 aliphatic heterocycles. The van der Waals surface area contributed by atoms with Gasteiger partial charge < -0.3 is 9.90 Å². The second-order valence-corrected chi connectivity index (χ2v) is 8.05. The molecule has 4 atom stereocenters. The van der Waals surface area contributed by atoms with Gasteiger partial charge in [-0.15, -0.1) is 0 Å². The van der Waals surface area contributed by atoms with Crippen LogP contribution in [0.1, 0.15) is 66.2 Å². The first kappa shape index (κ1) is 15.8. The number of aliphatic hydroxyl groups excluding tert-OH is 1. The molecular formula is C18H30O2. The van der Waals surface area contributed by atoms with Crippen LogP contribution in [0.3, 0.4) is 0 Å². The smallest absolute Gasteiger partial charge is 0.129 e. The molecule has 114 valence electrons. The van der Waals surface area contributed by atoms with Gasteiger partial charge in [-0.3, -0.25) is 0 Å². The predicted molar refractivity (Wildman–Crippen MR) is 82.4 cm³/mol. The molecule has 2 aliphatic carbocycles. The molecule has 0 aromatic heterocycles. The van der Waals surface area contributed by atoms with Crippen LogP contribution in [0.2, 0.25) is 0 Å². The molecule has 2 aliphatic rings. The average Bonchev–Trinajstić information content (AvgIpc) is 2.25. The Kier molecular flexibility index (Phi) is 4.17. The highest BCUT2D eigenvalue weighted by atomic mass is 16.3. The van der Waals surface area contributed by atoms with Crippen LogP contribution in [-0.2, 0) is 4.79 Å². The Morgan fingerprint density at radius 1 is 1.35 bits per heavy atom. The van der Waals surface area contributed by atoms with Crippen molar-refractivity contribution in [3.63, 3.8) is 0 Å². The number of carbonyl (C=O) groups excluding carboxylic acids is 1. The number of Topliss-reactive ketones (excluding diaryl/α,β-unsaturated/α-hetero) is 1. The van der Waals surface area contributed by atoms with E-state index < -0.39 is 0 Å². The van der Waals surface area contributed by atoms with Crippen molar-refractivity contribution in [3.8, 4) is 0 Å². The van der Waals surface area contributed by atoms with Crippen LogP contribution in [-0.4, -0.2) is 17.0 Å². The Morgan fingerprint density at radius 2 is 2.00 bits per heavy atom. The van der Waals surface area contributed by atoms with Gasteiger partial charge in [0.2, 0.25) is 0 Å². The van der Waals surface area contributed by atoms with Crippen LogP contribution in [0.15, 0.2) is 12.2 Å². The third kappa shape index (κ3) is 2.59. The maximum absolute atomic E-state index is 11.4. The van der Waals surface area contributed by atoms with E-state index in [1.54, 1.807) is 6.92 Å². The second-order valence-electron chi connectivity index (χ2n) is 8.05. The van der Waals surface area contributed by atoms with Gasteiger partial charge in [0.15, 0.2) is 0 Å². The molecule has 0 spiro atoms. The lowest BCUT2D eigenvalue weighted by Crippen LogP contribution is -2.55. The molecule has 2 fully saturated rings. The highest BCUT2D eigenvalue weighted by Crippen LogP contribution is 2.61. The lowest BCUT2D eigenvalue weighted by atomic mass is 9.46. The van der Waals surface area contributed by atoms with Gasteiger partial charge in [-0.1, -0.05) is 39.3 Å². The third-order valence-corrected chi connectivity index (χ3v) is 6.02. The van der Waals surface area contributed by atoms with Crippen molar-refractivity contribution in [3.05, 3.63) is 12.2 Å². The molecular weight excluding hydrogens is 248 g/mol. The zero-order valence-corrected chi connectivity index (χ0v) is 13.5. The van der Waals surface area contributed by atoms with Gasteiger partial charge in [0.25, 0.3) is 0 Å². The van der Waals surface area contributed by atoms with E-state index >= 15 is 0 Å². The van der Waals surface area contributed by atoms with Gasteiger partial charge in [-0.05, 0) is 55.3 Å². The lowest BCUT2D eigenvalue weighted by Gasteiger charge is -2.59.